The molecule has 0 aliphatic rings. The van der Waals surface area contributed by atoms with Crippen LogP contribution in [0.1, 0.15) is 13.8 Å². The van der Waals surface area contributed by atoms with Crippen molar-refractivity contribution < 1.29 is 9.59 Å². The quantitative estimate of drug-likeness (QED) is 0.417. The van der Waals surface area contributed by atoms with Crippen LogP contribution in [0.5, 0.6) is 0 Å². The van der Waals surface area contributed by atoms with Gasteiger partial charge in [-0.3, -0.25) is 0 Å². The fourth-order valence-corrected chi connectivity index (χ4v) is 0.286. The summed E-state index contributed by atoms with van der Waals surface area (Å²) in [5.74, 6) is 0.0509. The van der Waals surface area contributed by atoms with E-state index >= 15 is 0 Å². The molecule has 3 heteroatoms. The molecule has 0 atom stereocenters. The fraction of sp³-hybridized carbons (Fsp3) is 0.600. The molecule has 0 rings (SSSR count). The molecule has 0 radical (unpaired) electrons. The van der Waals surface area contributed by atoms with Crippen molar-refractivity contribution in [3.05, 3.63) is 0 Å². The minimum absolute atomic E-state index is 0.0255. The average molecular weight is 171 g/mol. The van der Waals surface area contributed by atoms with Crippen LogP contribution in [0.3, 0.4) is 0 Å². The summed E-state index contributed by atoms with van der Waals surface area (Å²) in [7, 11) is 0. The summed E-state index contributed by atoms with van der Waals surface area (Å²) in [6, 6.07) is 0. The first kappa shape index (κ1) is 7.98. The van der Waals surface area contributed by atoms with Crippen molar-refractivity contribution in [1.82, 2.24) is 0 Å². The van der Waals surface area contributed by atoms with Crippen LogP contribution in [0, 0.1) is 0 Å². The zero-order chi connectivity index (χ0) is 6.73. The number of hydrogen-bond acceptors (Lipinski definition) is 2. The van der Waals surface area contributed by atoms with E-state index in [2.05, 4.69) is 0 Å². The Morgan fingerprint density at radius 2 is 1.50 bits per heavy atom. The maximum atomic E-state index is 10.4. The van der Waals surface area contributed by atoms with E-state index in [0.717, 1.165) is 0 Å². The third-order valence-electron chi connectivity index (χ3n) is 1.22. The van der Waals surface area contributed by atoms with Gasteiger partial charge in [-0.15, -0.1) is 0 Å². The van der Waals surface area contributed by atoms with Gasteiger partial charge >= 0.3 is 58.1 Å². The number of carbonyl (C=O) groups is 2. The van der Waals surface area contributed by atoms with Gasteiger partial charge in [0.15, 0.2) is 0 Å². The molecule has 0 heterocycles. The summed E-state index contributed by atoms with van der Waals surface area (Å²) in [4.78, 5) is 20.8. The third-order valence-corrected chi connectivity index (χ3v) is 4.63. The zero-order valence-electron chi connectivity index (χ0n) is 5.39. The van der Waals surface area contributed by atoms with Crippen molar-refractivity contribution in [2.75, 3.05) is 0 Å². The summed E-state index contributed by atoms with van der Waals surface area (Å²) in [5, 5.41) is 0. The van der Waals surface area contributed by atoms with Gasteiger partial charge in [0.1, 0.15) is 0 Å². The molecule has 0 bridgehead atoms. The standard InChI is InChI=1S/C5H7O2.Ga.2H/c1-4(6)3-5(2)7;;;/h3H,1-2H3;;;. The molecule has 2 nitrogen and oxygen atoms in total. The van der Waals surface area contributed by atoms with Gasteiger partial charge < -0.3 is 0 Å². The van der Waals surface area contributed by atoms with Gasteiger partial charge in [-0.2, -0.15) is 0 Å². The fourth-order valence-electron chi connectivity index (χ4n) is 0.286. The summed E-state index contributed by atoms with van der Waals surface area (Å²) < 4.78 is -0.220. The van der Waals surface area contributed by atoms with Crippen LogP contribution in [0.15, 0.2) is 0 Å². The normalized spacial score (nSPS) is 9.38. The first-order valence-corrected chi connectivity index (χ1v) is 4.99. The van der Waals surface area contributed by atoms with Crippen molar-refractivity contribution in [1.29, 1.82) is 0 Å². The van der Waals surface area contributed by atoms with Crippen LogP contribution in [-0.2, 0) is 9.59 Å². The van der Waals surface area contributed by atoms with Crippen LogP contribution in [-0.4, -0.2) is 30.2 Å². The molecular weight excluding hydrogens is 162 g/mol. The van der Waals surface area contributed by atoms with Gasteiger partial charge in [0.05, 0.1) is 0 Å². The van der Waals surface area contributed by atoms with E-state index in [-0.39, 0.29) is 16.0 Å². The Morgan fingerprint density at radius 1 is 1.25 bits per heavy atom. The maximum absolute atomic E-state index is 10.4. The summed E-state index contributed by atoms with van der Waals surface area (Å²) in [6.07, 6.45) is 0. The van der Waals surface area contributed by atoms with Gasteiger partial charge in [0.25, 0.3) is 0 Å². The van der Waals surface area contributed by atoms with Crippen LogP contribution in [0.2, 0.25) is 4.47 Å². The Morgan fingerprint density at radius 3 is 1.50 bits per heavy atom. The minimum atomic E-state index is -0.220. The van der Waals surface area contributed by atoms with Crippen molar-refractivity contribution >= 4 is 30.2 Å². The second kappa shape index (κ2) is 3.09. The van der Waals surface area contributed by atoms with E-state index in [0.29, 0.717) is 18.6 Å². The topological polar surface area (TPSA) is 34.1 Å². The van der Waals surface area contributed by atoms with Gasteiger partial charge in [-0.05, 0) is 0 Å². The molecule has 0 fully saturated rings. The van der Waals surface area contributed by atoms with E-state index < -0.39 is 0 Å². The molecule has 0 N–H and O–H groups in total. The first-order valence-electron chi connectivity index (χ1n) is 2.56. The predicted molar refractivity (Wildman–Crippen MR) is 33.7 cm³/mol. The monoisotopic (exact) mass is 170 g/mol. The molecule has 0 amide bonds. The molecule has 0 aromatic heterocycles. The molecular formula is C5H9GaO2. The van der Waals surface area contributed by atoms with Crippen molar-refractivity contribution in [2.45, 2.75) is 18.3 Å². The molecule has 0 saturated carbocycles. The Bertz CT molecular complexity index is 106. The Kier molecular flexibility index (Phi) is 3.08. The number of rotatable bonds is 2. The van der Waals surface area contributed by atoms with Crippen molar-refractivity contribution in [3.8, 4) is 0 Å². The first-order chi connectivity index (χ1) is 3.55. The molecule has 8 heavy (non-hydrogen) atoms. The van der Waals surface area contributed by atoms with Crippen molar-refractivity contribution in [3.63, 3.8) is 0 Å². The Balaban J connectivity index is 3.83. The zero-order valence-corrected chi connectivity index (χ0v) is 9.59. The third kappa shape index (κ3) is 2.33. The Hall–Kier alpha value is -0.0236. The molecule has 0 aliphatic carbocycles. The van der Waals surface area contributed by atoms with Crippen LogP contribution in [0.25, 0.3) is 0 Å². The van der Waals surface area contributed by atoms with Crippen molar-refractivity contribution in [2.24, 2.45) is 0 Å². The molecule has 44 valence electrons. The summed E-state index contributed by atoms with van der Waals surface area (Å²) >= 11 is 0.324. The predicted octanol–water partition coefficient (Wildman–Crippen LogP) is -0.414. The average Bonchev–Trinajstić information content (AvgIpc) is 1.64. The molecule has 0 saturated heterocycles. The SMILES string of the molecule is CC(=O)[CH]([GaH2])C(C)=O. The molecule has 0 aliphatic heterocycles. The second-order valence-corrected chi connectivity index (χ2v) is 4.37. The van der Waals surface area contributed by atoms with E-state index in [1.54, 1.807) is 0 Å². The van der Waals surface area contributed by atoms with Gasteiger partial charge in [0, 0.05) is 0 Å². The van der Waals surface area contributed by atoms with E-state index in [4.69, 9.17) is 0 Å². The molecule has 0 aromatic rings. The number of carbonyl (C=O) groups excluding carboxylic acids is 2. The second-order valence-electron chi connectivity index (χ2n) is 1.94. The molecule has 0 unspecified atom stereocenters. The van der Waals surface area contributed by atoms with E-state index in [9.17, 15) is 9.59 Å². The van der Waals surface area contributed by atoms with Gasteiger partial charge in [0.2, 0.25) is 0 Å². The van der Waals surface area contributed by atoms with Crippen LogP contribution >= 0.6 is 0 Å². The van der Waals surface area contributed by atoms with Crippen LogP contribution in [0.4, 0.5) is 0 Å². The number of hydrogen-bond donors (Lipinski definition) is 0. The van der Waals surface area contributed by atoms with Gasteiger partial charge in [-0.1, -0.05) is 0 Å². The van der Waals surface area contributed by atoms with Crippen LogP contribution < -0.4 is 0 Å². The molecule has 0 aromatic carbocycles. The van der Waals surface area contributed by atoms with Gasteiger partial charge in [-0.25, -0.2) is 0 Å². The number of Topliss-reactive ketones (excluding diaryl/α,β-unsaturated/α-hetero) is 2. The number of ketones is 2. The molecule has 0 spiro atoms. The van der Waals surface area contributed by atoms with E-state index in [1.165, 1.54) is 13.8 Å². The summed E-state index contributed by atoms with van der Waals surface area (Å²) in [6.45, 7) is 2.94. The van der Waals surface area contributed by atoms with E-state index in [1.807, 2.05) is 0 Å². The summed E-state index contributed by atoms with van der Waals surface area (Å²) in [5.41, 5.74) is 0. The Labute approximate surface area is 58.6 Å².